The van der Waals surface area contributed by atoms with Gasteiger partial charge in [0.2, 0.25) is 5.91 Å². The highest BCUT2D eigenvalue weighted by Crippen LogP contribution is 2.15. The number of amides is 2. The zero-order chi connectivity index (χ0) is 16.7. The van der Waals surface area contributed by atoms with E-state index >= 15 is 0 Å². The maximum atomic E-state index is 12.1. The van der Waals surface area contributed by atoms with Crippen LogP contribution in [0.2, 0.25) is 0 Å². The molecular formula is C16H17N3O4. The molecule has 0 radical (unpaired) electrons. The molecule has 0 saturated heterocycles. The molecule has 1 heterocycles. The van der Waals surface area contributed by atoms with E-state index in [0.717, 1.165) is 0 Å². The molecule has 23 heavy (non-hydrogen) atoms. The number of aliphatic hydroxyl groups is 1. The second-order valence-corrected chi connectivity index (χ2v) is 4.66. The van der Waals surface area contributed by atoms with Gasteiger partial charge < -0.3 is 20.5 Å². The molecule has 0 aliphatic heterocycles. The third-order valence-corrected chi connectivity index (χ3v) is 3.10. The highest BCUT2D eigenvalue weighted by molar-refractivity contribution is 6.01. The zero-order valence-electron chi connectivity index (χ0n) is 12.5. The molecule has 7 nitrogen and oxygen atoms in total. The van der Waals surface area contributed by atoms with Crippen LogP contribution in [0.1, 0.15) is 10.4 Å². The topological polar surface area (TPSA) is 101 Å². The van der Waals surface area contributed by atoms with E-state index in [1.165, 1.54) is 24.5 Å². The number of aliphatic hydroxyl groups excluding tert-OH is 1. The van der Waals surface area contributed by atoms with Crippen molar-refractivity contribution in [3.8, 4) is 5.75 Å². The summed E-state index contributed by atoms with van der Waals surface area (Å²) in [6, 6.07) is 8.69. The summed E-state index contributed by atoms with van der Waals surface area (Å²) in [6.45, 7) is -0.515. The molecule has 0 aliphatic rings. The Hall–Kier alpha value is -2.93. The van der Waals surface area contributed by atoms with Gasteiger partial charge in [-0.2, -0.15) is 0 Å². The standard InChI is InChI=1S/C16H17N3O4/c1-23-13-4-2-12(3-5-13)18-16(22)14(10-20)19-15(21)11-6-8-17-9-7-11/h2-9,14,20H,10H2,1H3,(H,18,22)(H,19,21)/t14-/m0/s1. The van der Waals surface area contributed by atoms with Gasteiger partial charge in [-0.15, -0.1) is 0 Å². The molecule has 2 aromatic rings. The molecule has 7 heteroatoms. The number of aromatic nitrogens is 1. The summed E-state index contributed by atoms with van der Waals surface area (Å²) in [7, 11) is 1.55. The minimum absolute atomic E-state index is 0.357. The molecule has 0 fully saturated rings. The van der Waals surface area contributed by atoms with Crippen LogP contribution in [0.15, 0.2) is 48.8 Å². The van der Waals surface area contributed by atoms with E-state index in [-0.39, 0.29) is 0 Å². The fraction of sp³-hybridized carbons (Fsp3) is 0.188. The molecule has 0 aliphatic carbocycles. The highest BCUT2D eigenvalue weighted by Gasteiger charge is 2.20. The number of nitrogens with zero attached hydrogens (tertiary/aromatic N) is 1. The Balaban J connectivity index is 1.99. The van der Waals surface area contributed by atoms with E-state index in [1.54, 1.807) is 31.4 Å². The predicted molar refractivity (Wildman–Crippen MR) is 84.2 cm³/mol. The third-order valence-electron chi connectivity index (χ3n) is 3.10. The average Bonchev–Trinajstić information content (AvgIpc) is 2.60. The van der Waals surface area contributed by atoms with Crippen LogP contribution in [-0.4, -0.2) is 41.7 Å². The number of benzene rings is 1. The van der Waals surface area contributed by atoms with E-state index in [0.29, 0.717) is 17.0 Å². The Bertz CT molecular complexity index is 659. The number of rotatable bonds is 6. The van der Waals surface area contributed by atoms with Gasteiger partial charge >= 0.3 is 0 Å². The van der Waals surface area contributed by atoms with Crippen molar-refractivity contribution in [3.05, 3.63) is 54.4 Å². The monoisotopic (exact) mass is 315 g/mol. The number of carbonyl (C=O) groups excluding carboxylic acids is 2. The maximum absolute atomic E-state index is 12.1. The van der Waals surface area contributed by atoms with Crippen LogP contribution in [0.4, 0.5) is 5.69 Å². The summed E-state index contributed by atoms with van der Waals surface area (Å²) in [5.74, 6) is -0.316. The summed E-state index contributed by atoms with van der Waals surface area (Å²) in [5.41, 5.74) is 0.892. The average molecular weight is 315 g/mol. The second-order valence-electron chi connectivity index (χ2n) is 4.66. The molecule has 1 aromatic carbocycles. The van der Waals surface area contributed by atoms with Crippen LogP contribution in [0.25, 0.3) is 0 Å². The highest BCUT2D eigenvalue weighted by atomic mass is 16.5. The van der Waals surface area contributed by atoms with Crippen LogP contribution in [-0.2, 0) is 4.79 Å². The Morgan fingerprint density at radius 2 is 1.83 bits per heavy atom. The van der Waals surface area contributed by atoms with Gasteiger partial charge in [0.25, 0.3) is 5.91 Å². The Morgan fingerprint density at radius 3 is 2.39 bits per heavy atom. The molecular weight excluding hydrogens is 298 g/mol. The SMILES string of the molecule is COc1ccc(NC(=O)[C@H](CO)NC(=O)c2ccncc2)cc1. The summed E-state index contributed by atoms with van der Waals surface area (Å²) in [6.07, 6.45) is 2.95. The smallest absolute Gasteiger partial charge is 0.252 e. The van der Waals surface area contributed by atoms with Gasteiger partial charge in [0.1, 0.15) is 11.8 Å². The lowest BCUT2D eigenvalue weighted by Crippen LogP contribution is -2.46. The van der Waals surface area contributed by atoms with Gasteiger partial charge in [-0.05, 0) is 36.4 Å². The van der Waals surface area contributed by atoms with E-state index in [4.69, 9.17) is 4.74 Å². The van der Waals surface area contributed by atoms with Crippen LogP contribution in [0, 0.1) is 0 Å². The summed E-state index contributed by atoms with van der Waals surface area (Å²) in [5, 5.41) is 14.4. The molecule has 1 aromatic heterocycles. The molecule has 0 saturated carbocycles. The number of anilines is 1. The molecule has 2 rings (SSSR count). The van der Waals surface area contributed by atoms with Crippen LogP contribution < -0.4 is 15.4 Å². The first-order chi connectivity index (χ1) is 11.1. The number of hydrogen-bond acceptors (Lipinski definition) is 5. The van der Waals surface area contributed by atoms with E-state index in [2.05, 4.69) is 15.6 Å². The van der Waals surface area contributed by atoms with Crippen molar-refractivity contribution in [2.24, 2.45) is 0 Å². The van der Waals surface area contributed by atoms with Gasteiger partial charge in [-0.3, -0.25) is 14.6 Å². The van der Waals surface area contributed by atoms with Crippen molar-refractivity contribution in [1.82, 2.24) is 10.3 Å². The van der Waals surface area contributed by atoms with Crippen molar-refractivity contribution in [2.75, 3.05) is 19.0 Å². The fourth-order valence-electron chi connectivity index (χ4n) is 1.84. The van der Waals surface area contributed by atoms with Gasteiger partial charge in [0, 0.05) is 23.6 Å². The first-order valence-corrected chi connectivity index (χ1v) is 6.90. The van der Waals surface area contributed by atoms with E-state index in [1.807, 2.05) is 0 Å². The van der Waals surface area contributed by atoms with Crippen molar-refractivity contribution in [3.63, 3.8) is 0 Å². The Labute approximate surface area is 133 Å². The molecule has 3 N–H and O–H groups in total. The van der Waals surface area contributed by atoms with E-state index < -0.39 is 24.5 Å². The van der Waals surface area contributed by atoms with Gasteiger partial charge in [0.15, 0.2) is 0 Å². The minimum Gasteiger partial charge on any atom is -0.497 e. The predicted octanol–water partition coefficient (Wildman–Crippen LogP) is 0.820. The van der Waals surface area contributed by atoms with Crippen LogP contribution >= 0.6 is 0 Å². The van der Waals surface area contributed by atoms with Crippen molar-refractivity contribution >= 4 is 17.5 Å². The lowest BCUT2D eigenvalue weighted by Gasteiger charge is -2.16. The quantitative estimate of drug-likeness (QED) is 0.733. The first-order valence-electron chi connectivity index (χ1n) is 6.90. The first kappa shape index (κ1) is 16.4. The minimum atomic E-state index is -1.06. The zero-order valence-corrected chi connectivity index (χ0v) is 12.5. The summed E-state index contributed by atoms with van der Waals surface area (Å²) in [4.78, 5) is 28.0. The third kappa shape index (κ3) is 4.52. The van der Waals surface area contributed by atoms with Crippen molar-refractivity contribution in [2.45, 2.75) is 6.04 Å². The Kier molecular flexibility index (Phi) is 5.65. The van der Waals surface area contributed by atoms with Crippen molar-refractivity contribution < 1.29 is 19.4 Å². The summed E-state index contributed by atoms with van der Waals surface area (Å²) < 4.78 is 5.03. The lowest BCUT2D eigenvalue weighted by atomic mass is 10.2. The molecule has 0 spiro atoms. The number of pyridine rings is 1. The van der Waals surface area contributed by atoms with Gasteiger partial charge in [-0.25, -0.2) is 0 Å². The van der Waals surface area contributed by atoms with Gasteiger partial charge in [-0.1, -0.05) is 0 Å². The van der Waals surface area contributed by atoms with E-state index in [9.17, 15) is 14.7 Å². The summed E-state index contributed by atoms with van der Waals surface area (Å²) >= 11 is 0. The van der Waals surface area contributed by atoms with Crippen LogP contribution in [0.3, 0.4) is 0 Å². The fourth-order valence-corrected chi connectivity index (χ4v) is 1.84. The number of nitrogens with one attached hydrogen (secondary N) is 2. The number of ether oxygens (including phenoxy) is 1. The van der Waals surface area contributed by atoms with Gasteiger partial charge in [0.05, 0.1) is 13.7 Å². The number of hydrogen-bond donors (Lipinski definition) is 3. The number of methoxy groups -OCH3 is 1. The van der Waals surface area contributed by atoms with Crippen LogP contribution in [0.5, 0.6) is 5.75 Å². The molecule has 0 unspecified atom stereocenters. The molecule has 1 atom stereocenters. The Morgan fingerprint density at radius 1 is 1.17 bits per heavy atom. The molecule has 0 bridgehead atoms. The maximum Gasteiger partial charge on any atom is 0.252 e. The second kappa shape index (κ2) is 7.90. The normalized spacial score (nSPS) is 11.4. The largest absolute Gasteiger partial charge is 0.497 e. The molecule has 120 valence electrons. The van der Waals surface area contributed by atoms with Crippen molar-refractivity contribution in [1.29, 1.82) is 0 Å². The number of carbonyl (C=O) groups is 2. The lowest BCUT2D eigenvalue weighted by molar-refractivity contribution is -0.118. The molecule has 2 amide bonds.